The summed E-state index contributed by atoms with van der Waals surface area (Å²) < 4.78 is 48.5. The predicted octanol–water partition coefficient (Wildman–Crippen LogP) is 1.75. The van der Waals surface area contributed by atoms with Crippen molar-refractivity contribution in [3.05, 3.63) is 41.4 Å². The molecule has 0 radical (unpaired) electrons. The molecule has 108 valence electrons. The van der Waals surface area contributed by atoms with Crippen LogP contribution < -0.4 is 5.32 Å². The predicted molar refractivity (Wildman–Crippen MR) is 62.1 cm³/mol. The Bertz CT molecular complexity index is 572. The number of nitrogens with one attached hydrogen (secondary N) is 1. The number of ether oxygens (including phenoxy) is 2. The average Bonchev–Trinajstić information content (AvgIpc) is 2.45. The molecule has 0 aliphatic rings. The van der Waals surface area contributed by atoms with Gasteiger partial charge in [-0.3, -0.25) is 0 Å². The summed E-state index contributed by atoms with van der Waals surface area (Å²) in [5.74, 6) is -6.06. The monoisotopic (exact) mass is 289 g/mol. The zero-order chi connectivity index (χ0) is 15.3. The molecule has 1 rings (SSSR count). The first-order valence-electron chi connectivity index (χ1n) is 5.19. The van der Waals surface area contributed by atoms with Gasteiger partial charge in [0.25, 0.3) is 0 Å². The fourth-order valence-electron chi connectivity index (χ4n) is 1.21. The van der Waals surface area contributed by atoms with Crippen LogP contribution in [0.2, 0.25) is 0 Å². The molecule has 0 atom stereocenters. The topological polar surface area (TPSA) is 64.6 Å². The van der Waals surface area contributed by atoms with Gasteiger partial charge in [-0.15, -0.1) is 0 Å². The minimum absolute atomic E-state index is 0.581. The van der Waals surface area contributed by atoms with E-state index in [4.69, 9.17) is 0 Å². The van der Waals surface area contributed by atoms with Gasteiger partial charge in [0.15, 0.2) is 11.6 Å². The molecule has 0 spiro atoms. The van der Waals surface area contributed by atoms with Gasteiger partial charge in [0.2, 0.25) is 0 Å². The second-order valence-corrected chi connectivity index (χ2v) is 3.42. The van der Waals surface area contributed by atoms with Crippen LogP contribution in [0.5, 0.6) is 0 Å². The third kappa shape index (κ3) is 3.50. The van der Waals surface area contributed by atoms with Crippen LogP contribution in [0.3, 0.4) is 0 Å². The number of carbonyl (C=O) groups is 2. The molecule has 0 bridgehead atoms. The maximum Gasteiger partial charge on any atom is 0.354 e. The van der Waals surface area contributed by atoms with Crippen molar-refractivity contribution in [1.29, 1.82) is 0 Å². The lowest BCUT2D eigenvalue weighted by atomic mass is 10.2. The first-order chi connectivity index (χ1) is 9.40. The van der Waals surface area contributed by atoms with Crippen molar-refractivity contribution in [3.63, 3.8) is 0 Å². The van der Waals surface area contributed by atoms with E-state index in [0.29, 0.717) is 18.2 Å². The highest BCUT2D eigenvalue weighted by molar-refractivity contribution is 5.98. The van der Waals surface area contributed by atoms with Crippen molar-refractivity contribution in [2.45, 2.75) is 0 Å². The zero-order valence-corrected chi connectivity index (χ0v) is 10.5. The fourth-order valence-corrected chi connectivity index (χ4v) is 1.21. The third-order valence-electron chi connectivity index (χ3n) is 2.17. The van der Waals surface area contributed by atoms with Crippen LogP contribution in [0, 0.1) is 17.5 Å². The molecule has 1 N–H and O–H groups in total. The number of anilines is 1. The summed E-state index contributed by atoms with van der Waals surface area (Å²) >= 11 is 0. The summed E-state index contributed by atoms with van der Waals surface area (Å²) in [7, 11) is 2.03. The highest BCUT2D eigenvalue weighted by Crippen LogP contribution is 2.23. The van der Waals surface area contributed by atoms with Crippen molar-refractivity contribution in [2.75, 3.05) is 19.5 Å². The lowest BCUT2D eigenvalue weighted by Crippen LogP contribution is -2.17. The van der Waals surface area contributed by atoms with Crippen LogP contribution in [-0.2, 0) is 19.1 Å². The molecule has 1 aromatic rings. The maximum atomic E-state index is 13.4. The van der Waals surface area contributed by atoms with Gasteiger partial charge in [0, 0.05) is 0 Å². The molecule has 0 unspecified atom stereocenters. The number of hydrogen-bond donors (Lipinski definition) is 1. The fraction of sp³-hybridized carbons (Fsp3) is 0.167. The molecule has 0 heterocycles. The zero-order valence-electron chi connectivity index (χ0n) is 10.5. The number of methoxy groups -OCH3 is 2. The Hall–Kier alpha value is -2.51. The molecule has 0 aromatic heterocycles. The van der Waals surface area contributed by atoms with Gasteiger partial charge in [-0.2, -0.15) is 0 Å². The molecular formula is C12H10F3NO4. The van der Waals surface area contributed by atoms with Gasteiger partial charge >= 0.3 is 11.9 Å². The van der Waals surface area contributed by atoms with Gasteiger partial charge < -0.3 is 14.8 Å². The summed E-state index contributed by atoms with van der Waals surface area (Å²) in [5.41, 5.74) is -1.53. The van der Waals surface area contributed by atoms with E-state index in [-0.39, 0.29) is 0 Å². The van der Waals surface area contributed by atoms with Crippen molar-refractivity contribution in [2.24, 2.45) is 0 Å². The summed E-state index contributed by atoms with van der Waals surface area (Å²) in [6.45, 7) is 0. The highest BCUT2D eigenvalue weighted by Gasteiger charge is 2.19. The molecule has 0 amide bonds. The molecule has 20 heavy (non-hydrogen) atoms. The molecular weight excluding hydrogens is 279 g/mol. The molecule has 5 nitrogen and oxygen atoms in total. The summed E-state index contributed by atoms with van der Waals surface area (Å²) in [4.78, 5) is 22.4. The maximum absolute atomic E-state index is 13.4. The van der Waals surface area contributed by atoms with Crippen molar-refractivity contribution < 1.29 is 32.2 Å². The molecule has 0 saturated heterocycles. The quantitative estimate of drug-likeness (QED) is 0.519. The van der Waals surface area contributed by atoms with Crippen LogP contribution in [-0.4, -0.2) is 26.2 Å². The average molecular weight is 289 g/mol. The molecule has 1 aromatic carbocycles. The number of carbonyl (C=O) groups excluding carboxylic acids is 2. The number of halogens is 3. The van der Waals surface area contributed by atoms with Crippen LogP contribution in [0.1, 0.15) is 0 Å². The number of esters is 2. The second-order valence-electron chi connectivity index (χ2n) is 3.42. The van der Waals surface area contributed by atoms with Gasteiger partial charge in [0.05, 0.1) is 20.3 Å². The van der Waals surface area contributed by atoms with Crippen LogP contribution >= 0.6 is 0 Å². The summed E-state index contributed by atoms with van der Waals surface area (Å²) in [6, 6.07) is 1.24. The Kier molecular flexibility index (Phi) is 5.13. The lowest BCUT2D eigenvalue weighted by Gasteiger charge is -2.11. The Morgan fingerprint density at radius 3 is 2.25 bits per heavy atom. The molecule has 0 aliphatic carbocycles. The minimum Gasteiger partial charge on any atom is -0.466 e. The van der Waals surface area contributed by atoms with E-state index in [0.717, 1.165) is 14.2 Å². The third-order valence-corrected chi connectivity index (χ3v) is 2.17. The Labute approximate surface area is 112 Å². The Balaban J connectivity index is 3.21. The number of benzene rings is 1. The van der Waals surface area contributed by atoms with E-state index >= 15 is 0 Å². The first kappa shape index (κ1) is 15.5. The highest BCUT2D eigenvalue weighted by atomic mass is 19.2. The first-order valence-corrected chi connectivity index (χ1v) is 5.19. The lowest BCUT2D eigenvalue weighted by molar-refractivity contribution is -0.138. The van der Waals surface area contributed by atoms with Crippen molar-refractivity contribution in [3.8, 4) is 0 Å². The molecule has 0 saturated carbocycles. The Morgan fingerprint density at radius 1 is 1.10 bits per heavy atom. The van der Waals surface area contributed by atoms with Crippen LogP contribution in [0.25, 0.3) is 0 Å². The van der Waals surface area contributed by atoms with Crippen molar-refractivity contribution >= 4 is 17.6 Å². The van der Waals surface area contributed by atoms with Gasteiger partial charge in [-0.05, 0) is 12.1 Å². The van der Waals surface area contributed by atoms with E-state index in [1.54, 1.807) is 0 Å². The molecule has 8 heteroatoms. The standard InChI is InChI=1S/C12H10F3NO4/c1-19-9(17)5-8(12(18)20-2)16-11-7(14)4-3-6(13)10(11)15/h3-5,16H,1-2H3/b8-5+. The van der Waals surface area contributed by atoms with E-state index < -0.39 is 40.8 Å². The van der Waals surface area contributed by atoms with E-state index in [2.05, 4.69) is 9.47 Å². The normalized spacial score (nSPS) is 10.9. The largest absolute Gasteiger partial charge is 0.466 e. The van der Waals surface area contributed by atoms with Gasteiger partial charge in [-0.1, -0.05) is 0 Å². The van der Waals surface area contributed by atoms with Crippen LogP contribution in [0.15, 0.2) is 23.9 Å². The molecule has 0 aliphatic heterocycles. The second kappa shape index (κ2) is 6.60. The minimum atomic E-state index is -1.54. The van der Waals surface area contributed by atoms with Crippen molar-refractivity contribution in [1.82, 2.24) is 0 Å². The SMILES string of the molecule is COC(=O)/C=C(/Nc1c(F)ccc(F)c1F)C(=O)OC. The summed E-state index contributed by atoms with van der Waals surface area (Å²) in [6.07, 6.45) is 0.621. The summed E-state index contributed by atoms with van der Waals surface area (Å²) in [5, 5.41) is 1.97. The Morgan fingerprint density at radius 2 is 1.70 bits per heavy atom. The van der Waals surface area contributed by atoms with E-state index in [1.807, 2.05) is 5.32 Å². The van der Waals surface area contributed by atoms with Crippen LogP contribution in [0.4, 0.5) is 18.9 Å². The number of rotatable bonds is 4. The van der Waals surface area contributed by atoms with E-state index in [9.17, 15) is 22.8 Å². The number of hydrogen-bond acceptors (Lipinski definition) is 5. The molecule has 0 fully saturated rings. The van der Waals surface area contributed by atoms with Gasteiger partial charge in [-0.25, -0.2) is 22.8 Å². The van der Waals surface area contributed by atoms with Gasteiger partial charge in [0.1, 0.15) is 17.2 Å². The van der Waals surface area contributed by atoms with E-state index in [1.165, 1.54) is 0 Å². The smallest absolute Gasteiger partial charge is 0.354 e.